The van der Waals surface area contributed by atoms with Crippen LogP contribution in [-0.2, 0) is 14.8 Å². The van der Waals surface area contributed by atoms with Gasteiger partial charge in [-0.15, -0.1) is 0 Å². The fourth-order valence-electron chi connectivity index (χ4n) is 2.81. The molecule has 0 aliphatic rings. The van der Waals surface area contributed by atoms with Gasteiger partial charge in [-0.25, -0.2) is 13.2 Å². The summed E-state index contributed by atoms with van der Waals surface area (Å²) in [6, 6.07) is 18.3. The molecule has 0 amide bonds. The summed E-state index contributed by atoms with van der Waals surface area (Å²) < 4.78 is 37.9. The van der Waals surface area contributed by atoms with Gasteiger partial charge in [-0.05, 0) is 70.0 Å². The van der Waals surface area contributed by atoms with Gasteiger partial charge in [0.25, 0.3) is 10.0 Å². The van der Waals surface area contributed by atoms with Crippen molar-refractivity contribution in [2.75, 3.05) is 4.31 Å². The van der Waals surface area contributed by atoms with Crippen molar-refractivity contribution in [2.24, 2.45) is 0 Å². The van der Waals surface area contributed by atoms with E-state index in [0.29, 0.717) is 5.56 Å². The van der Waals surface area contributed by atoms with Crippen molar-refractivity contribution in [1.29, 1.82) is 0 Å². The third-order valence-corrected chi connectivity index (χ3v) is 5.98. The van der Waals surface area contributed by atoms with E-state index < -0.39 is 21.6 Å². The molecule has 0 saturated heterocycles. The number of hydrogen-bond donors (Lipinski definition) is 0. The van der Waals surface area contributed by atoms with Crippen LogP contribution >= 0.6 is 0 Å². The van der Waals surface area contributed by atoms with Crippen LogP contribution in [0.15, 0.2) is 70.0 Å². The van der Waals surface area contributed by atoms with Crippen LogP contribution in [-0.4, -0.2) is 20.0 Å². The summed E-state index contributed by atoms with van der Waals surface area (Å²) in [6.07, 6.45) is 5.60. The van der Waals surface area contributed by atoms with Gasteiger partial charge < -0.3 is 9.15 Å². The van der Waals surface area contributed by atoms with E-state index in [1.54, 1.807) is 57.2 Å². The molecule has 33 heavy (non-hydrogen) atoms. The molecule has 0 aliphatic heterocycles. The van der Waals surface area contributed by atoms with E-state index in [4.69, 9.17) is 15.6 Å². The predicted molar refractivity (Wildman–Crippen MR) is 126 cm³/mol. The largest absolute Gasteiger partial charge is 0.454 e. The number of para-hydroxylation sites is 1. The third kappa shape index (κ3) is 5.65. The lowest BCUT2D eigenvalue weighted by atomic mass is 10.2. The molecule has 2 aromatic carbocycles. The molecule has 0 saturated carbocycles. The summed E-state index contributed by atoms with van der Waals surface area (Å²) in [7, 11) is -4.01. The first-order chi connectivity index (χ1) is 15.5. The van der Waals surface area contributed by atoms with Crippen molar-refractivity contribution in [2.45, 2.75) is 38.2 Å². The van der Waals surface area contributed by atoms with Crippen LogP contribution in [0.4, 0.5) is 5.69 Å². The highest BCUT2D eigenvalue weighted by Gasteiger charge is 2.25. The predicted octanol–water partition coefficient (Wildman–Crippen LogP) is 4.73. The number of anilines is 1. The minimum atomic E-state index is -4.01. The summed E-state index contributed by atoms with van der Waals surface area (Å²) in [5.74, 6) is 5.33. The number of ether oxygens (including phenoxy) is 1. The summed E-state index contributed by atoms with van der Waals surface area (Å²) >= 11 is 0. The highest BCUT2D eigenvalue weighted by atomic mass is 32.2. The summed E-state index contributed by atoms with van der Waals surface area (Å²) in [5, 5.41) is 0. The average Bonchev–Trinajstić information content (AvgIpc) is 3.22. The maximum absolute atomic E-state index is 13.2. The zero-order chi connectivity index (χ0) is 24.2. The molecule has 0 atom stereocenters. The molecule has 0 bridgehead atoms. The lowest BCUT2D eigenvalue weighted by molar-refractivity contribution is 0.00354. The van der Waals surface area contributed by atoms with E-state index in [2.05, 4.69) is 17.9 Å². The van der Waals surface area contributed by atoms with Crippen LogP contribution in [0.1, 0.15) is 48.2 Å². The SMILES string of the molecule is C#CN(c1ccccc1C#Cc1ccc(C(=O)OC(C)(C)C)o1)S(=O)(=O)c1ccc(C)cc1. The third-order valence-electron chi connectivity index (χ3n) is 4.33. The Bertz CT molecular complexity index is 1380. The Labute approximate surface area is 194 Å². The summed E-state index contributed by atoms with van der Waals surface area (Å²) in [4.78, 5) is 12.2. The second-order valence-corrected chi connectivity index (χ2v) is 9.93. The molecule has 3 rings (SSSR count). The average molecular weight is 462 g/mol. The quantitative estimate of drug-likeness (QED) is 0.319. The van der Waals surface area contributed by atoms with Gasteiger partial charge in [0, 0.05) is 6.04 Å². The van der Waals surface area contributed by atoms with Crippen molar-refractivity contribution in [1.82, 2.24) is 0 Å². The Morgan fingerprint density at radius 1 is 1.00 bits per heavy atom. The van der Waals surface area contributed by atoms with Gasteiger partial charge >= 0.3 is 5.97 Å². The van der Waals surface area contributed by atoms with E-state index in [9.17, 15) is 13.2 Å². The molecule has 0 unspecified atom stereocenters. The lowest BCUT2D eigenvalue weighted by Crippen LogP contribution is -2.26. The Morgan fingerprint density at radius 2 is 1.67 bits per heavy atom. The summed E-state index contributed by atoms with van der Waals surface area (Å²) in [5.41, 5.74) is 0.876. The van der Waals surface area contributed by atoms with Crippen molar-refractivity contribution < 1.29 is 22.4 Å². The number of carbonyl (C=O) groups is 1. The van der Waals surface area contributed by atoms with E-state index >= 15 is 0 Å². The highest BCUT2D eigenvalue weighted by Crippen LogP contribution is 2.26. The number of carbonyl (C=O) groups excluding carboxylic acids is 1. The number of sulfonamides is 1. The molecule has 0 spiro atoms. The Morgan fingerprint density at radius 3 is 2.30 bits per heavy atom. The van der Waals surface area contributed by atoms with Gasteiger partial charge in [-0.1, -0.05) is 42.2 Å². The first-order valence-electron chi connectivity index (χ1n) is 10.0. The highest BCUT2D eigenvalue weighted by molar-refractivity contribution is 7.93. The normalized spacial score (nSPS) is 11.1. The number of nitrogens with zero attached hydrogens (tertiary/aromatic N) is 1. The minimum absolute atomic E-state index is 0.0229. The van der Waals surface area contributed by atoms with E-state index in [1.165, 1.54) is 24.3 Å². The standard InChI is InChI=1S/C26H23NO5S/c1-6-27(33(29,30)22-16-11-19(2)12-17-22)23-10-8-7-9-20(23)13-14-21-15-18-24(31-21)25(28)32-26(3,4)5/h1,7-12,15-18H,2-5H3. The molecule has 0 fully saturated rings. The van der Waals surface area contributed by atoms with Crippen molar-refractivity contribution in [3.8, 4) is 24.3 Å². The van der Waals surface area contributed by atoms with Crippen LogP contribution in [0.2, 0.25) is 0 Å². The Kier molecular flexibility index (Phi) is 6.67. The molecule has 0 N–H and O–H groups in total. The fourth-order valence-corrected chi connectivity index (χ4v) is 4.06. The first kappa shape index (κ1) is 23.7. The molecule has 1 aromatic heterocycles. The molecular weight excluding hydrogens is 438 g/mol. The molecule has 6 nitrogen and oxygen atoms in total. The van der Waals surface area contributed by atoms with Crippen LogP contribution < -0.4 is 4.31 Å². The van der Waals surface area contributed by atoms with Crippen LogP contribution in [0.5, 0.6) is 0 Å². The molecule has 1 heterocycles. The van der Waals surface area contributed by atoms with Crippen molar-refractivity contribution >= 4 is 21.7 Å². The molecular formula is C26H23NO5S. The monoisotopic (exact) mass is 461 g/mol. The second-order valence-electron chi connectivity index (χ2n) is 8.14. The molecule has 168 valence electrons. The summed E-state index contributed by atoms with van der Waals surface area (Å²) in [6.45, 7) is 7.14. The van der Waals surface area contributed by atoms with Crippen LogP contribution in [0.3, 0.4) is 0 Å². The van der Waals surface area contributed by atoms with Gasteiger partial charge in [0.2, 0.25) is 5.76 Å². The number of esters is 1. The van der Waals surface area contributed by atoms with E-state index in [1.807, 2.05) is 6.92 Å². The first-order valence-corrected chi connectivity index (χ1v) is 11.5. The number of hydrogen-bond acceptors (Lipinski definition) is 5. The molecule has 3 aromatic rings. The van der Waals surface area contributed by atoms with Gasteiger partial charge in [-0.2, -0.15) is 4.31 Å². The molecule has 7 heteroatoms. The maximum Gasteiger partial charge on any atom is 0.374 e. The van der Waals surface area contributed by atoms with Crippen LogP contribution in [0, 0.1) is 31.2 Å². The van der Waals surface area contributed by atoms with E-state index in [-0.39, 0.29) is 22.1 Å². The number of furan rings is 1. The number of rotatable bonds is 4. The lowest BCUT2D eigenvalue weighted by Gasteiger charge is -2.19. The smallest absolute Gasteiger partial charge is 0.374 e. The Balaban J connectivity index is 1.94. The van der Waals surface area contributed by atoms with Gasteiger partial charge in [0.05, 0.1) is 16.1 Å². The van der Waals surface area contributed by atoms with Gasteiger partial charge in [0.1, 0.15) is 5.60 Å². The van der Waals surface area contributed by atoms with Crippen molar-refractivity contribution in [3.63, 3.8) is 0 Å². The maximum atomic E-state index is 13.2. The van der Waals surface area contributed by atoms with E-state index in [0.717, 1.165) is 9.87 Å². The van der Waals surface area contributed by atoms with Gasteiger partial charge in [0.15, 0.2) is 5.76 Å². The number of terminal acetylenes is 1. The second kappa shape index (κ2) is 9.28. The van der Waals surface area contributed by atoms with Crippen molar-refractivity contribution in [3.05, 3.63) is 83.3 Å². The number of benzene rings is 2. The molecule has 0 radical (unpaired) electrons. The fraction of sp³-hybridized carbons (Fsp3) is 0.192. The Hall–Kier alpha value is -3.94. The van der Waals surface area contributed by atoms with Gasteiger partial charge in [-0.3, -0.25) is 0 Å². The zero-order valence-corrected chi connectivity index (χ0v) is 19.6. The zero-order valence-electron chi connectivity index (χ0n) is 18.7. The van der Waals surface area contributed by atoms with Crippen LogP contribution in [0.25, 0.3) is 0 Å². The number of aryl methyl sites for hydroxylation is 1. The minimum Gasteiger partial charge on any atom is -0.454 e. The topological polar surface area (TPSA) is 76.8 Å². The molecule has 0 aliphatic carbocycles.